The zero-order chi connectivity index (χ0) is 22.6. The SMILES string of the molecule is O=C(NC1CCCCC1)C([N-]c1cccc(C(F)(F)F)c1)c1ccc(C(F)(F)F)cc1. The third-order valence-corrected chi connectivity index (χ3v) is 5.21. The standard InChI is InChI=1S/C22H21F6N2O/c23-21(24,25)15-11-9-14(10-12-15)19(20(31)30-17-6-2-1-3-7-17)29-18-8-4-5-16(13-18)22(26,27)28/h4-5,8-13,17,19H,1-3,6-7H2,(H,30,31)/q-1. The lowest BCUT2D eigenvalue weighted by molar-refractivity contribution is -0.138. The molecule has 0 saturated heterocycles. The normalized spacial score (nSPS) is 16.6. The summed E-state index contributed by atoms with van der Waals surface area (Å²) in [5.74, 6) is -0.552. The molecule has 1 amide bonds. The first-order valence-electron chi connectivity index (χ1n) is 9.90. The van der Waals surface area contributed by atoms with Crippen molar-refractivity contribution in [2.24, 2.45) is 0 Å². The number of halogens is 6. The molecule has 0 spiro atoms. The van der Waals surface area contributed by atoms with E-state index in [2.05, 4.69) is 10.6 Å². The predicted octanol–water partition coefficient (Wildman–Crippen LogP) is 6.92. The Kier molecular flexibility index (Phi) is 6.81. The van der Waals surface area contributed by atoms with Crippen LogP contribution in [0.25, 0.3) is 5.32 Å². The van der Waals surface area contributed by atoms with E-state index >= 15 is 0 Å². The topological polar surface area (TPSA) is 43.2 Å². The fourth-order valence-electron chi connectivity index (χ4n) is 3.58. The van der Waals surface area contributed by atoms with Crippen LogP contribution in [0, 0.1) is 0 Å². The van der Waals surface area contributed by atoms with Crippen molar-refractivity contribution >= 4 is 11.6 Å². The molecular weight excluding hydrogens is 422 g/mol. The highest BCUT2D eigenvalue weighted by Gasteiger charge is 2.31. The van der Waals surface area contributed by atoms with Crippen LogP contribution in [0.1, 0.15) is 54.8 Å². The molecule has 0 radical (unpaired) electrons. The Morgan fingerprint density at radius 1 is 0.871 bits per heavy atom. The van der Waals surface area contributed by atoms with Gasteiger partial charge in [-0.3, -0.25) is 4.79 Å². The Bertz CT molecular complexity index is 886. The lowest BCUT2D eigenvalue weighted by Gasteiger charge is -2.35. The molecule has 2 aromatic rings. The number of hydrogen-bond donors (Lipinski definition) is 1. The van der Waals surface area contributed by atoms with E-state index in [0.29, 0.717) is 0 Å². The van der Waals surface area contributed by atoms with E-state index in [0.717, 1.165) is 68.5 Å². The Labute approximate surface area is 175 Å². The second kappa shape index (κ2) is 9.20. The third kappa shape index (κ3) is 6.15. The van der Waals surface area contributed by atoms with Gasteiger partial charge in [-0.2, -0.15) is 26.3 Å². The Hall–Kier alpha value is -2.71. The van der Waals surface area contributed by atoms with E-state index in [-0.39, 0.29) is 17.3 Å². The lowest BCUT2D eigenvalue weighted by Crippen LogP contribution is -2.38. The van der Waals surface area contributed by atoms with Gasteiger partial charge in [0.2, 0.25) is 5.91 Å². The van der Waals surface area contributed by atoms with Crippen LogP contribution in [0.2, 0.25) is 0 Å². The summed E-state index contributed by atoms with van der Waals surface area (Å²) in [7, 11) is 0. The van der Waals surface area contributed by atoms with Crippen LogP contribution in [0.15, 0.2) is 48.5 Å². The number of nitrogens with zero attached hydrogens (tertiary/aromatic N) is 1. The summed E-state index contributed by atoms with van der Waals surface area (Å²) >= 11 is 0. The fourth-order valence-corrected chi connectivity index (χ4v) is 3.58. The molecule has 1 saturated carbocycles. The van der Waals surface area contributed by atoms with Gasteiger partial charge in [-0.25, -0.2) is 0 Å². The molecule has 3 nitrogen and oxygen atoms in total. The molecule has 0 bridgehead atoms. The highest BCUT2D eigenvalue weighted by Crippen LogP contribution is 2.38. The number of carbonyl (C=O) groups is 1. The summed E-state index contributed by atoms with van der Waals surface area (Å²) in [6.07, 6.45) is -4.63. The van der Waals surface area contributed by atoms with Crippen molar-refractivity contribution in [3.8, 4) is 0 Å². The van der Waals surface area contributed by atoms with Gasteiger partial charge >= 0.3 is 12.4 Å². The second-order valence-corrected chi connectivity index (χ2v) is 7.54. The van der Waals surface area contributed by atoms with E-state index < -0.39 is 35.4 Å². The smallest absolute Gasteiger partial charge is 0.416 e. The Morgan fingerprint density at radius 2 is 1.48 bits per heavy atom. The molecule has 0 heterocycles. The first kappa shape index (κ1) is 23.0. The van der Waals surface area contributed by atoms with Crippen molar-refractivity contribution in [2.75, 3.05) is 0 Å². The minimum Gasteiger partial charge on any atom is -0.670 e. The molecule has 3 rings (SSSR count). The van der Waals surface area contributed by atoms with Gasteiger partial charge in [0.1, 0.15) is 0 Å². The van der Waals surface area contributed by atoms with E-state index in [1.165, 1.54) is 12.1 Å². The third-order valence-electron chi connectivity index (χ3n) is 5.21. The maximum atomic E-state index is 13.0. The molecule has 1 fully saturated rings. The van der Waals surface area contributed by atoms with Crippen molar-refractivity contribution in [3.05, 3.63) is 70.5 Å². The van der Waals surface area contributed by atoms with Crippen molar-refractivity contribution in [2.45, 2.75) is 56.5 Å². The van der Waals surface area contributed by atoms with Crippen LogP contribution >= 0.6 is 0 Å². The number of benzene rings is 2. The van der Waals surface area contributed by atoms with E-state index in [9.17, 15) is 31.1 Å². The minimum absolute atomic E-state index is 0.0847. The number of nitrogens with one attached hydrogen (secondary N) is 1. The van der Waals surface area contributed by atoms with Crippen molar-refractivity contribution in [1.29, 1.82) is 0 Å². The maximum absolute atomic E-state index is 13.0. The molecule has 1 aliphatic rings. The quantitative estimate of drug-likeness (QED) is 0.501. The molecule has 1 unspecified atom stereocenters. The van der Waals surface area contributed by atoms with Gasteiger partial charge in [-0.15, -0.1) is 5.69 Å². The zero-order valence-corrected chi connectivity index (χ0v) is 16.4. The van der Waals surface area contributed by atoms with Crippen molar-refractivity contribution < 1.29 is 31.1 Å². The number of alkyl halides is 6. The molecule has 0 aliphatic heterocycles. The van der Waals surface area contributed by atoms with Crippen LogP contribution < -0.4 is 5.32 Å². The molecule has 31 heavy (non-hydrogen) atoms. The van der Waals surface area contributed by atoms with Crippen LogP contribution in [0.3, 0.4) is 0 Å². The molecule has 2 aromatic carbocycles. The first-order valence-corrected chi connectivity index (χ1v) is 9.90. The van der Waals surface area contributed by atoms with Gasteiger partial charge in [-0.1, -0.05) is 61.2 Å². The van der Waals surface area contributed by atoms with E-state index in [1.54, 1.807) is 0 Å². The minimum atomic E-state index is -4.58. The monoisotopic (exact) mass is 443 g/mol. The van der Waals surface area contributed by atoms with Crippen LogP contribution in [0.4, 0.5) is 32.0 Å². The Balaban J connectivity index is 1.87. The summed E-state index contributed by atoms with van der Waals surface area (Å²) < 4.78 is 77.7. The molecule has 9 heteroatoms. The maximum Gasteiger partial charge on any atom is 0.416 e. The summed E-state index contributed by atoms with van der Waals surface area (Å²) in [4.78, 5) is 12.9. The molecule has 1 N–H and O–H groups in total. The van der Waals surface area contributed by atoms with Gasteiger partial charge in [0, 0.05) is 6.04 Å². The van der Waals surface area contributed by atoms with Crippen LogP contribution in [-0.4, -0.2) is 11.9 Å². The molecule has 168 valence electrons. The van der Waals surface area contributed by atoms with Crippen LogP contribution in [0.5, 0.6) is 0 Å². The average molecular weight is 443 g/mol. The second-order valence-electron chi connectivity index (χ2n) is 7.54. The van der Waals surface area contributed by atoms with Crippen LogP contribution in [-0.2, 0) is 17.1 Å². The number of amides is 1. The molecule has 1 atom stereocenters. The largest absolute Gasteiger partial charge is 0.670 e. The zero-order valence-electron chi connectivity index (χ0n) is 16.4. The fraction of sp³-hybridized carbons (Fsp3) is 0.409. The van der Waals surface area contributed by atoms with Gasteiger partial charge in [-0.05, 0) is 31.0 Å². The van der Waals surface area contributed by atoms with Gasteiger partial charge in [0.05, 0.1) is 11.1 Å². The van der Waals surface area contributed by atoms with Gasteiger partial charge in [0.25, 0.3) is 0 Å². The van der Waals surface area contributed by atoms with Gasteiger partial charge < -0.3 is 10.6 Å². The van der Waals surface area contributed by atoms with E-state index in [1.807, 2.05) is 0 Å². The summed E-state index contributed by atoms with van der Waals surface area (Å²) in [5, 5.41) is 7.02. The summed E-state index contributed by atoms with van der Waals surface area (Å²) in [6, 6.07) is 6.75. The lowest BCUT2D eigenvalue weighted by atomic mass is 9.94. The molecule has 1 aliphatic carbocycles. The number of carbonyl (C=O) groups excluding carboxylic acids is 1. The highest BCUT2D eigenvalue weighted by molar-refractivity contribution is 5.88. The van der Waals surface area contributed by atoms with Crippen molar-refractivity contribution in [3.63, 3.8) is 0 Å². The summed E-state index contributed by atoms with van der Waals surface area (Å²) in [6.45, 7) is 0. The molecular formula is C22H21F6N2O-. The average Bonchev–Trinajstić information content (AvgIpc) is 2.72. The number of hydrogen-bond acceptors (Lipinski definition) is 1. The Morgan fingerprint density at radius 3 is 2.06 bits per heavy atom. The van der Waals surface area contributed by atoms with Gasteiger partial charge in [0.15, 0.2) is 0 Å². The number of rotatable bonds is 5. The first-order chi connectivity index (χ1) is 14.5. The highest BCUT2D eigenvalue weighted by atomic mass is 19.4. The summed E-state index contributed by atoms with van der Waals surface area (Å²) in [5.41, 5.74) is -1.73. The predicted molar refractivity (Wildman–Crippen MR) is 104 cm³/mol. The van der Waals surface area contributed by atoms with Crippen molar-refractivity contribution in [1.82, 2.24) is 5.32 Å². The van der Waals surface area contributed by atoms with E-state index in [4.69, 9.17) is 0 Å². The molecule has 0 aromatic heterocycles.